The third-order valence-corrected chi connectivity index (χ3v) is 4.17. The van der Waals surface area contributed by atoms with Crippen LogP contribution in [0.3, 0.4) is 0 Å². The molecule has 0 unspecified atom stereocenters. The van der Waals surface area contributed by atoms with Crippen molar-refractivity contribution in [2.45, 2.75) is 12.5 Å². The quantitative estimate of drug-likeness (QED) is 0.802. The zero-order valence-corrected chi connectivity index (χ0v) is 14.1. The molecule has 0 aromatic carbocycles. The minimum absolute atomic E-state index is 0.448. The van der Waals surface area contributed by atoms with E-state index < -0.39 is 0 Å². The Balaban J connectivity index is 1.71. The monoisotopic (exact) mass is 379 g/mol. The van der Waals surface area contributed by atoms with E-state index in [0.29, 0.717) is 17.8 Å². The van der Waals surface area contributed by atoms with E-state index >= 15 is 0 Å². The average molecular weight is 381 g/mol. The van der Waals surface area contributed by atoms with E-state index in [1.54, 1.807) is 12.4 Å². The van der Waals surface area contributed by atoms with Crippen LogP contribution in [-0.4, -0.2) is 29.2 Å². The Hall–Kier alpha value is -1.43. The van der Waals surface area contributed by atoms with Crippen LogP contribution in [0.25, 0.3) is 12.2 Å². The molecule has 0 amide bonds. The third-order valence-electron chi connectivity index (χ3n) is 3.42. The highest BCUT2D eigenvalue weighted by molar-refractivity contribution is 9.10. The molecule has 4 nitrogen and oxygen atoms in total. The molecule has 114 valence electrons. The first-order chi connectivity index (χ1) is 10.7. The van der Waals surface area contributed by atoms with Crippen LogP contribution in [0, 0.1) is 0 Å². The molecule has 0 spiro atoms. The summed E-state index contributed by atoms with van der Waals surface area (Å²) in [5.74, 6) is 0.730. The summed E-state index contributed by atoms with van der Waals surface area (Å²) in [7, 11) is 0. The Morgan fingerprint density at radius 3 is 2.95 bits per heavy atom. The maximum Gasteiger partial charge on any atom is 0.138 e. The van der Waals surface area contributed by atoms with Gasteiger partial charge in [-0.05, 0) is 52.7 Å². The smallest absolute Gasteiger partial charge is 0.138 e. The Morgan fingerprint density at radius 2 is 2.23 bits per heavy atom. The fourth-order valence-corrected chi connectivity index (χ4v) is 2.58. The molecule has 1 aliphatic heterocycles. The second-order valence-corrected chi connectivity index (χ2v) is 6.22. The van der Waals surface area contributed by atoms with E-state index in [-0.39, 0.29) is 0 Å². The van der Waals surface area contributed by atoms with Crippen LogP contribution in [-0.2, 0) is 0 Å². The standard InChI is InChI=1S/C16H15BrClN3O/c17-15-7-11(3-5-20-15)1-2-12-8-14(9-21-16(12)18)22-10-13-4-6-19-13/h1-3,5,7-9,13,19H,4,6,10H2/b2-1+/t13-/m0/s1. The van der Waals surface area contributed by atoms with Gasteiger partial charge in [0.25, 0.3) is 0 Å². The molecule has 1 saturated heterocycles. The van der Waals surface area contributed by atoms with Crippen LogP contribution in [0.5, 0.6) is 5.75 Å². The SMILES string of the molecule is Clc1ncc(OC[C@@H]2CCN2)cc1/C=C/c1ccnc(Br)c1. The molecule has 0 radical (unpaired) electrons. The molecule has 2 aromatic rings. The minimum atomic E-state index is 0.448. The van der Waals surface area contributed by atoms with Crippen molar-refractivity contribution in [3.8, 4) is 5.75 Å². The van der Waals surface area contributed by atoms with Crippen LogP contribution >= 0.6 is 27.5 Å². The Morgan fingerprint density at radius 1 is 1.36 bits per heavy atom. The molecule has 3 rings (SSSR count). The summed E-state index contributed by atoms with van der Waals surface area (Å²) in [5, 5.41) is 3.75. The molecule has 3 heterocycles. The van der Waals surface area contributed by atoms with Crippen LogP contribution in [0.15, 0.2) is 35.2 Å². The van der Waals surface area contributed by atoms with Gasteiger partial charge in [0.15, 0.2) is 0 Å². The zero-order chi connectivity index (χ0) is 15.4. The van der Waals surface area contributed by atoms with Crippen molar-refractivity contribution >= 4 is 39.7 Å². The van der Waals surface area contributed by atoms with Crippen molar-refractivity contribution in [3.63, 3.8) is 0 Å². The third kappa shape index (κ3) is 4.06. The molecule has 2 aromatic heterocycles. The lowest BCUT2D eigenvalue weighted by molar-refractivity contribution is 0.217. The highest BCUT2D eigenvalue weighted by atomic mass is 79.9. The molecular formula is C16H15BrClN3O. The minimum Gasteiger partial charge on any atom is -0.490 e. The van der Waals surface area contributed by atoms with Gasteiger partial charge in [0.1, 0.15) is 22.1 Å². The average Bonchev–Trinajstić information content (AvgIpc) is 2.46. The first-order valence-corrected chi connectivity index (χ1v) is 8.19. The van der Waals surface area contributed by atoms with Crippen molar-refractivity contribution < 1.29 is 4.74 Å². The van der Waals surface area contributed by atoms with Gasteiger partial charge in [0, 0.05) is 17.8 Å². The Labute approximate surface area is 142 Å². The van der Waals surface area contributed by atoms with Gasteiger partial charge in [0.2, 0.25) is 0 Å². The maximum atomic E-state index is 6.14. The Kier molecular flexibility index (Phi) is 5.08. The van der Waals surface area contributed by atoms with Crippen LogP contribution in [0.2, 0.25) is 5.15 Å². The fourth-order valence-electron chi connectivity index (χ4n) is 2.04. The van der Waals surface area contributed by atoms with E-state index in [4.69, 9.17) is 16.3 Å². The number of pyridine rings is 2. The number of hydrogen-bond acceptors (Lipinski definition) is 4. The summed E-state index contributed by atoms with van der Waals surface area (Å²) in [6.07, 6.45) is 8.44. The second-order valence-electron chi connectivity index (χ2n) is 5.05. The summed E-state index contributed by atoms with van der Waals surface area (Å²) in [5.41, 5.74) is 1.86. The summed E-state index contributed by atoms with van der Waals surface area (Å²) < 4.78 is 6.54. The Bertz CT molecular complexity index is 689. The summed E-state index contributed by atoms with van der Waals surface area (Å²) in [4.78, 5) is 8.28. The van der Waals surface area contributed by atoms with Crippen molar-refractivity contribution in [1.29, 1.82) is 0 Å². The van der Waals surface area contributed by atoms with Crippen LogP contribution < -0.4 is 10.1 Å². The van der Waals surface area contributed by atoms with Crippen LogP contribution in [0.4, 0.5) is 0 Å². The topological polar surface area (TPSA) is 47.0 Å². The van der Waals surface area contributed by atoms with E-state index in [2.05, 4.69) is 31.2 Å². The highest BCUT2D eigenvalue weighted by Crippen LogP contribution is 2.22. The van der Waals surface area contributed by atoms with Crippen molar-refractivity contribution in [2.75, 3.05) is 13.2 Å². The molecule has 1 aliphatic rings. The van der Waals surface area contributed by atoms with Crippen molar-refractivity contribution in [2.24, 2.45) is 0 Å². The van der Waals surface area contributed by atoms with Crippen molar-refractivity contribution in [1.82, 2.24) is 15.3 Å². The first-order valence-electron chi connectivity index (χ1n) is 7.02. The highest BCUT2D eigenvalue weighted by Gasteiger charge is 2.16. The number of hydrogen-bond donors (Lipinski definition) is 1. The molecule has 1 fully saturated rings. The lowest BCUT2D eigenvalue weighted by atomic mass is 10.1. The molecule has 0 saturated carbocycles. The van der Waals surface area contributed by atoms with Gasteiger partial charge in [0.05, 0.1) is 6.20 Å². The summed E-state index contributed by atoms with van der Waals surface area (Å²) >= 11 is 9.49. The predicted molar refractivity (Wildman–Crippen MR) is 92.0 cm³/mol. The number of halogens is 2. The van der Waals surface area contributed by atoms with E-state index in [9.17, 15) is 0 Å². The lowest BCUT2D eigenvalue weighted by Crippen LogP contribution is -2.46. The van der Waals surface area contributed by atoms with Gasteiger partial charge in [-0.25, -0.2) is 9.97 Å². The maximum absolute atomic E-state index is 6.14. The first kappa shape index (κ1) is 15.5. The fraction of sp³-hybridized carbons (Fsp3) is 0.250. The lowest BCUT2D eigenvalue weighted by Gasteiger charge is -2.27. The molecule has 0 aliphatic carbocycles. The molecule has 1 atom stereocenters. The largest absolute Gasteiger partial charge is 0.490 e. The number of nitrogens with zero attached hydrogens (tertiary/aromatic N) is 2. The van der Waals surface area contributed by atoms with Gasteiger partial charge in [-0.1, -0.05) is 23.8 Å². The van der Waals surface area contributed by atoms with E-state index in [0.717, 1.165) is 34.4 Å². The molecule has 1 N–H and O–H groups in total. The second kappa shape index (κ2) is 7.22. The number of ether oxygens (including phenoxy) is 1. The molecular weight excluding hydrogens is 366 g/mol. The number of aromatic nitrogens is 2. The summed E-state index contributed by atoms with van der Waals surface area (Å²) in [6.45, 7) is 1.73. The van der Waals surface area contributed by atoms with Gasteiger partial charge >= 0.3 is 0 Å². The van der Waals surface area contributed by atoms with E-state index in [1.807, 2.05) is 30.4 Å². The number of rotatable bonds is 5. The van der Waals surface area contributed by atoms with E-state index in [1.165, 1.54) is 0 Å². The summed E-state index contributed by atoms with van der Waals surface area (Å²) in [6, 6.07) is 6.20. The normalized spacial score (nSPS) is 17.5. The van der Waals surface area contributed by atoms with Gasteiger partial charge in [-0.3, -0.25) is 0 Å². The van der Waals surface area contributed by atoms with Gasteiger partial charge < -0.3 is 10.1 Å². The molecule has 22 heavy (non-hydrogen) atoms. The van der Waals surface area contributed by atoms with Gasteiger partial charge in [-0.15, -0.1) is 0 Å². The zero-order valence-electron chi connectivity index (χ0n) is 11.8. The number of nitrogens with one attached hydrogen (secondary N) is 1. The van der Waals surface area contributed by atoms with Crippen molar-refractivity contribution in [3.05, 3.63) is 51.5 Å². The predicted octanol–water partition coefficient (Wildman–Crippen LogP) is 3.80. The van der Waals surface area contributed by atoms with Gasteiger partial charge in [-0.2, -0.15) is 0 Å². The molecule has 6 heteroatoms. The molecule has 0 bridgehead atoms. The van der Waals surface area contributed by atoms with Crippen LogP contribution in [0.1, 0.15) is 17.5 Å².